The van der Waals surface area contributed by atoms with Gasteiger partial charge in [0.2, 0.25) is 0 Å². The van der Waals surface area contributed by atoms with E-state index in [1.54, 1.807) is 11.3 Å². The minimum absolute atomic E-state index is 0.320. The lowest BCUT2D eigenvalue weighted by atomic mass is 9.65. The molecule has 1 aromatic heterocycles. The Morgan fingerprint density at radius 3 is 2.90 bits per heavy atom. The number of fused-ring (bicyclic) bond motifs is 1. The van der Waals surface area contributed by atoms with E-state index in [2.05, 4.69) is 43.5 Å². The molecule has 0 spiro atoms. The van der Waals surface area contributed by atoms with Gasteiger partial charge in [-0.1, -0.05) is 38.8 Å². The van der Waals surface area contributed by atoms with Crippen molar-refractivity contribution in [2.45, 2.75) is 52.0 Å². The van der Waals surface area contributed by atoms with Crippen molar-refractivity contribution in [1.82, 2.24) is 10.4 Å². The first-order chi connectivity index (χ1) is 10.1. The molecule has 3 nitrogen and oxygen atoms in total. The summed E-state index contributed by atoms with van der Waals surface area (Å²) in [6.45, 7) is 4.78. The van der Waals surface area contributed by atoms with Gasteiger partial charge in [-0.2, -0.15) is 0 Å². The Kier molecular flexibility index (Phi) is 4.29. The number of thiazole rings is 1. The molecule has 1 aliphatic carbocycles. The predicted molar refractivity (Wildman–Crippen MR) is 90.2 cm³/mol. The van der Waals surface area contributed by atoms with Gasteiger partial charge < -0.3 is 0 Å². The molecule has 0 saturated heterocycles. The van der Waals surface area contributed by atoms with Crippen molar-refractivity contribution in [1.29, 1.82) is 0 Å². The molecular formula is C17H25N3S. The number of benzene rings is 1. The maximum atomic E-state index is 5.89. The number of rotatable bonds is 4. The van der Waals surface area contributed by atoms with E-state index < -0.39 is 0 Å². The van der Waals surface area contributed by atoms with Crippen LogP contribution in [0.15, 0.2) is 24.3 Å². The first-order valence-corrected chi connectivity index (χ1v) is 8.72. The number of nitrogens with two attached hydrogens (primary N) is 1. The lowest BCUT2D eigenvalue weighted by Gasteiger charge is -2.42. The van der Waals surface area contributed by atoms with Gasteiger partial charge in [0.05, 0.1) is 15.2 Å². The third-order valence-corrected chi connectivity index (χ3v) is 6.08. The number of hydrazine groups is 1. The molecular weight excluding hydrogens is 278 g/mol. The van der Waals surface area contributed by atoms with Crippen LogP contribution >= 0.6 is 11.3 Å². The third kappa shape index (κ3) is 3.12. The molecule has 3 rings (SSSR count). The number of nitrogens with one attached hydrogen (secondary N) is 1. The molecule has 1 aliphatic rings. The number of hydrogen-bond acceptors (Lipinski definition) is 4. The molecule has 2 unspecified atom stereocenters. The van der Waals surface area contributed by atoms with Gasteiger partial charge in [-0.15, -0.1) is 11.3 Å². The van der Waals surface area contributed by atoms with Crippen LogP contribution in [-0.2, 0) is 6.42 Å². The van der Waals surface area contributed by atoms with Crippen LogP contribution in [0, 0.1) is 11.3 Å². The van der Waals surface area contributed by atoms with Gasteiger partial charge in [0.15, 0.2) is 0 Å². The zero-order valence-corrected chi connectivity index (χ0v) is 13.7. The van der Waals surface area contributed by atoms with E-state index in [1.165, 1.54) is 35.4 Å². The van der Waals surface area contributed by atoms with Crippen molar-refractivity contribution in [2.75, 3.05) is 0 Å². The summed E-state index contributed by atoms with van der Waals surface area (Å²) in [6.07, 6.45) is 6.18. The van der Waals surface area contributed by atoms with Crippen LogP contribution in [0.2, 0.25) is 0 Å². The molecule has 0 aliphatic heterocycles. The quantitative estimate of drug-likeness (QED) is 0.665. The Balaban J connectivity index is 1.80. The van der Waals surface area contributed by atoms with Crippen molar-refractivity contribution >= 4 is 21.6 Å². The third-order valence-electron chi connectivity index (χ3n) is 5.02. The number of hydrogen-bond donors (Lipinski definition) is 2. The van der Waals surface area contributed by atoms with E-state index >= 15 is 0 Å². The lowest BCUT2D eigenvalue weighted by molar-refractivity contribution is 0.0982. The highest BCUT2D eigenvalue weighted by molar-refractivity contribution is 7.18. The highest BCUT2D eigenvalue weighted by atomic mass is 32.1. The smallest absolute Gasteiger partial charge is 0.0954 e. The fourth-order valence-corrected chi connectivity index (χ4v) is 4.81. The van der Waals surface area contributed by atoms with E-state index in [0.717, 1.165) is 11.9 Å². The molecule has 2 aromatic rings. The first-order valence-electron chi connectivity index (χ1n) is 7.91. The summed E-state index contributed by atoms with van der Waals surface area (Å²) in [6, 6.07) is 8.68. The Labute approximate surface area is 130 Å². The molecule has 1 fully saturated rings. The van der Waals surface area contributed by atoms with E-state index in [0.29, 0.717) is 17.4 Å². The van der Waals surface area contributed by atoms with Gasteiger partial charge in [-0.3, -0.25) is 11.3 Å². The Morgan fingerprint density at radius 2 is 2.19 bits per heavy atom. The molecule has 0 amide bonds. The van der Waals surface area contributed by atoms with Crippen molar-refractivity contribution in [2.24, 2.45) is 17.2 Å². The fourth-order valence-electron chi connectivity index (χ4n) is 3.78. The largest absolute Gasteiger partial charge is 0.271 e. The van der Waals surface area contributed by atoms with Crippen LogP contribution < -0.4 is 11.3 Å². The summed E-state index contributed by atoms with van der Waals surface area (Å²) in [4.78, 5) is 4.77. The van der Waals surface area contributed by atoms with Crippen LogP contribution in [0.1, 0.15) is 44.5 Å². The second-order valence-corrected chi connectivity index (χ2v) is 8.01. The Hall–Kier alpha value is -0.970. The second kappa shape index (κ2) is 6.03. The summed E-state index contributed by atoms with van der Waals surface area (Å²) in [5.74, 6) is 6.52. The van der Waals surface area contributed by atoms with Crippen LogP contribution in [0.3, 0.4) is 0 Å². The summed E-state index contributed by atoms with van der Waals surface area (Å²) in [7, 11) is 0. The molecule has 0 bridgehead atoms. The average molecular weight is 303 g/mol. The first kappa shape index (κ1) is 14.9. The zero-order chi connectivity index (χ0) is 14.9. The normalized spacial score (nSPS) is 23.3. The summed E-state index contributed by atoms with van der Waals surface area (Å²) < 4.78 is 1.27. The molecule has 3 N–H and O–H groups in total. The monoisotopic (exact) mass is 303 g/mol. The maximum Gasteiger partial charge on any atom is 0.0954 e. The molecule has 1 aromatic carbocycles. The van der Waals surface area contributed by atoms with Gasteiger partial charge in [0, 0.05) is 12.5 Å². The molecule has 114 valence electrons. The Bertz CT molecular complexity index is 572. The number of para-hydroxylation sites is 1. The van der Waals surface area contributed by atoms with Crippen LogP contribution in [0.5, 0.6) is 0 Å². The number of nitrogens with zero attached hydrogens (tertiary/aromatic N) is 1. The van der Waals surface area contributed by atoms with E-state index in [-0.39, 0.29) is 0 Å². The van der Waals surface area contributed by atoms with E-state index in [4.69, 9.17) is 10.8 Å². The average Bonchev–Trinajstić information content (AvgIpc) is 2.87. The minimum Gasteiger partial charge on any atom is -0.271 e. The predicted octanol–water partition coefficient (Wildman–Crippen LogP) is 3.89. The topological polar surface area (TPSA) is 50.9 Å². The number of aromatic nitrogens is 1. The van der Waals surface area contributed by atoms with Crippen molar-refractivity contribution < 1.29 is 0 Å². The molecule has 2 atom stereocenters. The van der Waals surface area contributed by atoms with Crippen molar-refractivity contribution in [3.63, 3.8) is 0 Å². The Morgan fingerprint density at radius 1 is 1.38 bits per heavy atom. The van der Waals surface area contributed by atoms with Crippen LogP contribution in [-0.4, -0.2) is 11.0 Å². The zero-order valence-electron chi connectivity index (χ0n) is 12.9. The highest BCUT2D eigenvalue weighted by Crippen LogP contribution is 2.43. The van der Waals surface area contributed by atoms with Gasteiger partial charge >= 0.3 is 0 Å². The van der Waals surface area contributed by atoms with Crippen molar-refractivity contribution in [3.8, 4) is 0 Å². The lowest BCUT2D eigenvalue weighted by Crippen LogP contribution is -2.48. The van der Waals surface area contributed by atoms with Gasteiger partial charge in [0.1, 0.15) is 0 Å². The van der Waals surface area contributed by atoms with Crippen LogP contribution in [0.25, 0.3) is 10.2 Å². The molecule has 21 heavy (non-hydrogen) atoms. The van der Waals surface area contributed by atoms with E-state index in [1.807, 2.05) is 0 Å². The summed E-state index contributed by atoms with van der Waals surface area (Å²) >= 11 is 1.80. The van der Waals surface area contributed by atoms with Gasteiger partial charge in [-0.25, -0.2) is 4.98 Å². The molecule has 4 heteroatoms. The SMILES string of the molecule is CC1(C)CCCCC1C(Cc1nc2ccccc2s1)NN. The summed E-state index contributed by atoms with van der Waals surface area (Å²) in [5, 5.41) is 1.19. The maximum absolute atomic E-state index is 5.89. The summed E-state index contributed by atoms with van der Waals surface area (Å²) in [5.41, 5.74) is 4.56. The molecule has 1 saturated carbocycles. The van der Waals surface area contributed by atoms with Crippen LogP contribution in [0.4, 0.5) is 0 Å². The molecule has 0 radical (unpaired) electrons. The highest BCUT2D eigenvalue weighted by Gasteiger charge is 2.37. The standard InChI is InChI=1S/C17H25N3S/c1-17(2)10-6-5-7-12(17)14(20-18)11-16-19-13-8-3-4-9-15(13)21-16/h3-4,8-9,12,14,20H,5-7,10-11,18H2,1-2H3. The van der Waals surface area contributed by atoms with Gasteiger partial charge in [0.25, 0.3) is 0 Å². The van der Waals surface area contributed by atoms with Crippen molar-refractivity contribution in [3.05, 3.63) is 29.3 Å². The minimum atomic E-state index is 0.320. The van der Waals surface area contributed by atoms with E-state index in [9.17, 15) is 0 Å². The van der Waals surface area contributed by atoms with Gasteiger partial charge in [-0.05, 0) is 36.3 Å². The fraction of sp³-hybridized carbons (Fsp3) is 0.588. The second-order valence-electron chi connectivity index (χ2n) is 6.89. The molecule has 1 heterocycles.